The molecule has 2 aromatic rings. The van der Waals surface area contributed by atoms with Crippen LogP contribution in [0, 0.1) is 0 Å². The van der Waals surface area contributed by atoms with Crippen molar-refractivity contribution in [1.82, 2.24) is 30.5 Å². The van der Waals surface area contributed by atoms with Crippen molar-refractivity contribution < 1.29 is 4.74 Å². The van der Waals surface area contributed by atoms with Crippen molar-refractivity contribution in [3.63, 3.8) is 0 Å². The molecule has 3 rings (SSSR count). The van der Waals surface area contributed by atoms with Crippen molar-refractivity contribution in [3.8, 4) is 0 Å². The minimum Gasteiger partial charge on any atom is -0.497 e. The molecule has 0 saturated carbocycles. The van der Waals surface area contributed by atoms with Gasteiger partial charge in [0.25, 0.3) is 0 Å². The van der Waals surface area contributed by atoms with Gasteiger partial charge in [-0.05, 0) is 38.1 Å². The smallest absolute Gasteiger partial charge is 0.224 e. The van der Waals surface area contributed by atoms with E-state index in [0.717, 1.165) is 62.2 Å². The van der Waals surface area contributed by atoms with E-state index in [0.29, 0.717) is 23.2 Å². The van der Waals surface area contributed by atoms with Crippen LogP contribution < -0.4 is 21.7 Å². The quantitative estimate of drug-likeness (QED) is 0.251. The van der Waals surface area contributed by atoms with Crippen molar-refractivity contribution in [2.24, 2.45) is 0 Å². The van der Waals surface area contributed by atoms with Gasteiger partial charge in [0.1, 0.15) is 11.6 Å². The highest BCUT2D eigenvalue weighted by Crippen LogP contribution is 2.26. The molecule has 2 aromatic heterocycles. The SMILES string of the molecule is C\C=C/C(=C\C(=C/NC)c1cc2cnc(NCCCN3CCNCC3)nc2nc1N)OC. The normalized spacial score (nSPS) is 16.0. The highest BCUT2D eigenvalue weighted by atomic mass is 16.5. The fraction of sp³-hybridized carbons (Fsp3) is 0.435. The molecule has 0 aliphatic carbocycles. The number of nitrogen functional groups attached to an aromatic ring is 1. The van der Waals surface area contributed by atoms with E-state index >= 15 is 0 Å². The number of aromatic nitrogens is 3. The molecule has 32 heavy (non-hydrogen) atoms. The van der Waals surface area contributed by atoms with Gasteiger partial charge in [0.05, 0.1) is 7.11 Å². The Balaban J connectivity index is 1.73. The van der Waals surface area contributed by atoms with Gasteiger partial charge in [-0.3, -0.25) is 0 Å². The predicted molar refractivity (Wildman–Crippen MR) is 131 cm³/mol. The molecule has 9 nitrogen and oxygen atoms in total. The zero-order valence-corrected chi connectivity index (χ0v) is 19.2. The molecule has 0 aromatic carbocycles. The number of methoxy groups -OCH3 is 1. The number of allylic oxidation sites excluding steroid dienone is 4. The Bertz CT molecular complexity index is 979. The van der Waals surface area contributed by atoms with Gasteiger partial charge in [-0.25, -0.2) is 9.97 Å². The summed E-state index contributed by atoms with van der Waals surface area (Å²) in [7, 11) is 3.47. The lowest BCUT2D eigenvalue weighted by atomic mass is 10.1. The molecule has 1 fully saturated rings. The van der Waals surface area contributed by atoms with Crippen LogP contribution in [0.2, 0.25) is 0 Å². The van der Waals surface area contributed by atoms with Crippen molar-refractivity contribution >= 4 is 28.4 Å². The summed E-state index contributed by atoms with van der Waals surface area (Å²) in [6.07, 6.45) is 10.4. The number of nitrogens with one attached hydrogen (secondary N) is 3. The van der Waals surface area contributed by atoms with Crippen LogP contribution in [0.5, 0.6) is 0 Å². The molecule has 9 heteroatoms. The third-order valence-electron chi connectivity index (χ3n) is 5.22. The van der Waals surface area contributed by atoms with Crippen LogP contribution in [0.25, 0.3) is 16.6 Å². The molecule has 172 valence electrons. The Labute approximate surface area is 189 Å². The topological polar surface area (TPSA) is 113 Å². The van der Waals surface area contributed by atoms with Crippen LogP contribution in [0.15, 0.2) is 42.5 Å². The van der Waals surface area contributed by atoms with Gasteiger partial charge < -0.3 is 31.3 Å². The lowest BCUT2D eigenvalue weighted by Crippen LogP contribution is -2.44. The van der Waals surface area contributed by atoms with Crippen molar-refractivity contribution in [1.29, 1.82) is 0 Å². The van der Waals surface area contributed by atoms with Crippen LogP contribution in [0.1, 0.15) is 18.9 Å². The lowest BCUT2D eigenvalue weighted by molar-refractivity contribution is 0.240. The number of ether oxygens (including phenoxy) is 1. The molecule has 0 amide bonds. The summed E-state index contributed by atoms with van der Waals surface area (Å²) in [6.45, 7) is 8.18. The van der Waals surface area contributed by atoms with Gasteiger partial charge in [0.2, 0.25) is 5.95 Å². The molecule has 0 spiro atoms. The van der Waals surface area contributed by atoms with Gasteiger partial charge in [-0.15, -0.1) is 0 Å². The Morgan fingerprint density at radius 2 is 2.12 bits per heavy atom. The number of pyridine rings is 1. The van der Waals surface area contributed by atoms with Crippen LogP contribution >= 0.6 is 0 Å². The van der Waals surface area contributed by atoms with Gasteiger partial charge in [0.15, 0.2) is 5.65 Å². The average molecular weight is 439 g/mol. The third kappa shape index (κ3) is 6.41. The van der Waals surface area contributed by atoms with Gasteiger partial charge in [0, 0.05) is 68.7 Å². The van der Waals surface area contributed by atoms with Gasteiger partial charge in [-0.1, -0.05) is 6.08 Å². The zero-order chi connectivity index (χ0) is 22.8. The second-order valence-electron chi connectivity index (χ2n) is 7.54. The number of piperazine rings is 1. The first-order chi connectivity index (χ1) is 15.6. The van der Waals surface area contributed by atoms with Crippen LogP contribution in [0.3, 0.4) is 0 Å². The first kappa shape index (κ1) is 23.5. The van der Waals surface area contributed by atoms with E-state index in [1.807, 2.05) is 44.5 Å². The van der Waals surface area contributed by atoms with E-state index in [-0.39, 0.29) is 0 Å². The maximum absolute atomic E-state index is 6.30. The first-order valence-corrected chi connectivity index (χ1v) is 11.0. The molecule has 5 N–H and O–H groups in total. The molecule has 1 aliphatic heterocycles. The number of anilines is 2. The van der Waals surface area contributed by atoms with E-state index in [1.54, 1.807) is 13.3 Å². The summed E-state index contributed by atoms with van der Waals surface area (Å²) in [6, 6.07) is 1.95. The number of hydrogen-bond donors (Lipinski definition) is 4. The lowest BCUT2D eigenvalue weighted by Gasteiger charge is -2.27. The van der Waals surface area contributed by atoms with E-state index in [2.05, 4.69) is 35.8 Å². The standard InChI is InChI=1S/C23H34N8O/c1-4-6-19(32-3)13-17(15-25-2)20-14-18-16-28-23(30-22(18)29-21(20)24)27-7-5-10-31-11-8-26-9-12-31/h4,6,13-16,25-26H,5,7-12H2,1-3H3,(H3,24,27,28,29,30)/b6-4-,17-15+,19-13+. The van der Waals surface area contributed by atoms with Crippen molar-refractivity contribution in [2.75, 3.05) is 64.5 Å². The van der Waals surface area contributed by atoms with Crippen LogP contribution in [-0.2, 0) is 4.74 Å². The minimum atomic E-state index is 0.398. The first-order valence-electron chi connectivity index (χ1n) is 11.0. The fourth-order valence-corrected chi connectivity index (χ4v) is 3.58. The Kier molecular flexibility index (Phi) is 8.82. The van der Waals surface area contributed by atoms with E-state index < -0.39 is 0 Å². The Hall–Kier alpha value is -3.17. The number of hydrogen-bond acceptors (Lipinski definition) is 9. The Morgan fingerprint density at radius 3 is 2.84 bits per heavy atom. The van der Waals surface area contributed by atoms with E-state index in [9.17, 15) is 0 Å². The molecule has 0 radical (unpaired) electrons. The van der Waals surface area contributed by atoms with Crippen LogP contribution in [-0.4, -0.2) is 73.3 Å². The summed E-state index contributed by atoms with van der Waals surface area (Å²) in [4.78, 5) is 16.0. The molecule has 0 bridgehead atoms. The fourth-order valence-electron chi connectivity index (χ4n) is 3.58. The Morgan fingerprint density at radius 1 is 1.31 bits per heavy atom. The number of fused-ring (bicyclic) bond motifs is 1. The average Bonchev–Trinajstić information content (AvgIpc) is 2.81. The highest BCUT2D eigenvalue weighted by molar-refractivity contribution is 5.88. The molecule has 1 aliphatic rings. The third-order valence-corrected chi connectivity index (χ3v) is 5.22. The molecule has 0 unspecified atom stereocenters. The molecular weight excluding hydrogens is 404 g/mol. The zero-order valence-electron chi connectivity index (χ0n) is 19.2. The largest absolute Gasteiger partial charge is 0.497 e. The van der Waals surface area contributed by atoms with Crippen molar-refractivity contribution in [2.45, 2.75) is 13.3 Å². The maximum atomic E-state index is 6.30. The summed E-state index contributed by atoms with van der Waals surface area (Å²) >= 11 is 0. The second kappa shape index (κ2) is 12.0. The van der Waals surface area contributed by atoms with Gasteiger partial charge >= 0.3 is 0 Å². The number of nitrogens with two attached hydrogens (primary N) is 1. The summed E-state index contributed by atoms with van der Waals surface area (Å²) < 4.78 is 5.42. The van der Waals surface area contributed by atoms with E-state index in [4.69, 9.17) is 10.5 Å². The second-order valence-corrected chi connectivity index (χ2v) is 7.54. The molecule has 3 heterocycles. The molecule has 0 atom stereocenters. The molecular formula is C23H34N8O. The van der Waals surface area contributed by atoms with Gasteiger partial charge in [-0.2, -0.15) is 4.98 Å². The van der Waals surface area contributed by atoms with Crippen molar-refractivity contribution in [3.05, 3.63) is 48.0 Å². The number of nitrogens with zero attached hydrogens (tertiary/aromatic N) is 4. The highest BCUT2D eigenvalue weighted by Gasteiger charge is 2.12. The summed E-state index contributed by atoms with van der Waals surface area (Å²) in [5.41, 5.74) is 8.51. The minimum absolute atomic E-state index is 0.398. The number of rotatable bonds is 10. The molecule has 1 saturated heterocycles. The monoisotopic (exact) mass is 438 g/mol. The van der Waals surface area contributed by atoms with Crippen LogP contribution in [0.4, 0.5) is 11.8 Å². The summed E-state index contributed by atoms with van der Waals surface area (Å²) in [5, 5.41) is 10.6. The summed E-state index contributed by atoms with van der Waals surface area (Å²) in [5.74, 6) is 1.68. The predicted octanol–water partition coefficient (Wildman–Crippen LogP) is 1.98. The maximum Gasteiger partial charge on any atom is 0.224 e. The van der Waals surface area contributed by atoms with E-state index in [1.165, 1.54) is 0 Å².